The first-order valence-corrected chi connectivity index (χ1v) is 6.77. The molecule has 1 spiro atoms. The second-order valence-corrected chi connectivity index (χ2v) is 6.71. The summed E-state index contributed by atoms with van der Waals surface area (Å²) in [7, 11) is 0. The van der Waals surface area contributed by atoms with Crippen LogP contribution >= 0.6 is 0 Å². The molecule has 0 heterocycles. The highest BCUT2D eigenvalue weighted by molar-refractivity contribution is 5.88. The minimum absolute atomic E-state index is 0.0204. The van der Waals surface area contributed by atoms with Gasteiger partial charge in [0.1, 0.15) is 6.10 Å². The predicted molar refractivity (Wildman–Crippen MR) is 66.4 cm³/mol. The van der Waals surface area contributed by atoms with Gasteiger partial charge in [0.05, 0.1) is 0 Å². The van der Waals surface area contributed by atoms with Crippen LogP contribution in [-0.4, -0.2) is 17.0 Å². The summed E-state index contributed by atoms with van der Waals surface area (Å²) in [5.74, 6) is 0.633. The number of hydrogen-bond donors (Lipinski definition) is 1. The molecule has 0 radical (unpaired) electrons. The number of ketones is 1. The number of aliphatic hydroxyl groups excluding tert-OH is 1. The predicted octanol–water partition coefficient (Wildman–Crippen LogP) is 2.56. The van der Waals surface area contributed by atoms with Crippen molar-refractivity contribution < 1.29 is 9.90 Å². The van der Waals surface area contributed by atoms with Crippen molar-refractivity contribution in [1.29, 1.82) is 0 Å². The number of allylic oxidation sites excluding steroid dienone is 1. The third-order valence-electron chi connectivity index (χ3n) is 6.58. The lowest BCUT2D eigenvalue weighted by Gasteiger charge is -2.56. The Morgan fingerprint density at radius 2 is 2.06 bits per heavy atom. The molecule has 2 bridgehead atoms. The van der Waals surface area contributed by atoms with E-state index in [4.69, 9.17) is 0 Å². The number of Topliss-reactive ketones (excluding diaryl/α,β-unsaturated/α-hetero) is 1. The van der Waals surface area contributed by atoms with Crippen molar-refractivity contribution in [3.05, 3.63) is 12.2 Å². The lowest BCUT2D eigenvalue weighted by molar-refractivity contribution is -0.162. The lowest BCUT2D eigenvalue weighted by atomic mass is 9.47. The summed E-state index contributed by atoms with van der Waals surface area (Å²) in [5.41, 5.74) is 1.35. The van der Waals surface area contributed by atoms with E-state index in [9.17, 15) is 9.90 Å². The summed E-state index contributed by atoms with van der Waals surface area (Å²) in [6.07, 6.45) is 2.63. The summed E-state index contributed by atoms with van der Waals surface area (Å²) in [5, 5.41) is 10.2. The molecule has 0 aromatic heterocycles. The molecule has 6 atom stereocenters. The summed E-state index contributed by atoms with van der Waals surface area (Å²) in [6, 6.07) is 0. The van der Waals surface area contributed by atoms with Gasteiger partial charge in [-0.2, -0.15) is 0 Å². The molecule has 2 heteroatoms. The van der Waals surface area contributed by atoms with Gasteiger partial charge in [-0.25, -0.2) is 0 Å². The van der Waals surface area contributed by atoms with E-state index in [1.807, 2.05) is 13.8 Å². The molecule has 1 N–H and O–H groups in total. The Morgan fingerprint density at radius 1 is 1.41 bits per heavy atom. The van der Waals surface area contributed by atoms with Crippen LogP contribution in [0.4, 0.5) is 0 Å². The zero-order valence-electron chi connectivity index (χ0n) is 11.0. The maximum atomic E-state index is 12.3. The van der Waals surface area contributed by atoms with Gasteiger partial charge in [-0.1, -0.05) is 32.9 Å². The van der Waals surface area contributed by atoms with Crippen LogP contribution in [0.25, 0.3) is 0 Å². The molecule has 3 fully saturated rings. The highest BCUT2D eigenvalue weighted by Gasteiger charge is 2.70. The van der Waals surface area contributed by atoms with Crippen LogP contribution in [0.1, 0.15) is 40.0 Å². The van der Waals surface area contributed by atoms with Crippen molar-refractivity contribution in [2.24, 2.45) is 28.6 Å². The molecular weight excluding hydrogens is 212 g/mol. The second kappa shape index (κ2) is 3.03. The number of aliphatic hydroxyl groups is 1. The van der Waals surface area contributed by atoms with E-state index in [0.717, 1.165) is 12.8 Å². The average Bonchev–Trinajstić information content (AvgIpc) is 2.74. The highest BCUT2D eigenvalue weighted by Crippen LogP contribution is 2.74. The second-order valence-electron chi connectivity index (χ2n) is 6.71. The molecule has 0 aliphatic heterocycles. The number of hydrogen-bond acceptors (Lipinski definition) is 2. The Hall–Kier alpha value is -0.630. The molecule has 0 aromatic carbocycles. The molecular formula is C15H22O2. The smallest absolute Gasteiger partial charge is 0.165 e. The van der Waals surface area contributed by atoms with Gasteiger partial charge in [0.15, 0.2) is 5.78 Å². The molecule has 3 aliphatic rings. The molecule has 0 aromatic rings. The summed E-state index contributed by atoms with van der Waals surface area (Å²) < 4.78 is 0. The molecule has 0 saturated heterocycles. The fraction of sp³-hybridized carbons (Fsp3) is 0.800. The maximum Gasteiger partial charge on any atom is 0.165 e. The summed E-state index contributed by atoms with van der Waals surface area (Å²) in [6.45, 7) is 10.6. The minimum Gasteiger partial charge on any atom is -0.385 e. The largest absolute Gasteiger partial charge is 0.385 e. The van der Waals surface area contributed by atoms with Crippen molar-refractivity contribution in [2.75, 3.05) is 0 Å². The zero-order chi connectivity index (χ0) is 12.6. The standard InChI is InChI=1S/C15H22O2/c1-8-11-5-6-15(8)10(3)13(17)12(16)9(2)14(15,4)7-11/h9-12,16H,1,5-7H2,2-4H3/t9-,10-,11?,12+,14+,15?/m1/s1. The number of rotatable bonds is 0. The molecule has 2 nitrogen and oxygen atoms in total. The van der Waals surface area contributed by atoms with E-state index in [0.29, 0.717) is 5.92 Å². The first kappa shape index (κ1) is 11.5. The Labute approximate surface area is 103 Å². The van der Waals surface area contributed by atoms with E-state index in [1.54, 1.807) is 0 Å². The third-order valence-corrected chi connectivity index (χ3v) is 6.58. The van der Waals surface area contributed by atoms with Crippen molar-refractivity contribution in [1.82, 2.24) is 0 Å². The minimum atomic E-state index is -0.771. The van der Waals surface area contributed by atoms with E-state index in [-0.39, 0.29) is 28.4 Å². The summed E-state index contributed by atoms with van der Waals surface area (Å²) in [4.78, 5) is 12.3. The molecule has 0 amide bonds. The fourth-order valence-electron chi connectivity index (χ4n) is 5.35. The topological polar surface area (TPSA) is 37.3 Å². The molecule has 3 aliphatic carbocycles. The van der Waals surface area contributed by atoms with Crippen LogP contribution in [0.15, 0.2) is 12.2 Å². The Balaban J connectivity index is 2.19. The first-order chi connectivity index (χ1) is 7.86. The number of fused-ring (bicyclic) bond motifs is 1. The average molecular weight is 234 g/mol. The normalized spacial score (nSPS) is 57.4. The Morgan fingerprint density at radius 3 is 2.65 bits per heavy atom. The van der Waals surface area contributed by atoms with Gasteiger partial charge in [0.2, 0.25) is 0 Å². The van der Waals surface area contributed by atoms with Gasteiger partial charge in [-0.05, 0) is 36.5 Å². The van der Waals surface area contributed by atoms with Crippen LogP contribution in [0, 0.1) is 28.6 Å². The first-order valence-electron chi connectivity index (χ1n) is 6.77. The third kappa shape index (κ3) is 0.965. The van der Waals surface area contributed by atoms with Crippen molar-refractivity contribution in [3.63, 3.8) is 0 Å². The quantitative estimate of drug-likeness (QED) is 0.654. The van der Waals surface area contributed by atoms with Crippen molar-refractivity contribution >= 4 is 5.78 Å². The van der Waals surface area contributed by atoms with Gasteiger partial charge >= 0.3 is 0 Å². The van der Waals surface area contributed by atoms with E-state index >= 15 is 0 Å². The molecule has 2 unspecified atom stereocenters. The van der Waals surface area contributed by atoms with Gasteiger partial charge in [0.25, 0.3) is 0 Å². The van der Waals surface area contributed by atoms with Crippen LogP contribution in [-0.2, 0) is 4.79 Å². The fourth-order valence-corrected chi connectivity index (χ4v) is 5.35. The summed E-state index contributed by atoms with van der Waals surface area (Å²) >= 11 is 0. The zero-order valence-corrected chi connectivity index (χ0v) is 11.0. The van der Waals surface area contributed by atoms with Crippen LogP contribution in [0.5, 0.6) is 0 Å². The van der Waals surface area contributed by atoms with Gasteiger partial charge < -0.3 is 5.11 Å². The molecule has 17 heavy (non-hydrogen) atoms. The van der Waals surface area contributed by atoms with Gasteiger partial charge in [-0.15, -0.1) is 0 Å². The Bertz CT molecular complexity index is 413. The van der Waals surface area contributed by atoms with Gasteiger partial charge in [0, 0.05) is 11.3 Å². The Kier molecular flexibility index (Phi) is 2.04. The van der Waals surface area contributed by atoms with E-state index < -0.39 is 6.10 Å². The van der Waals surface area contributed by atoms with Crippen LogP contribution < -0.4 is 0 Å². The highest BCUT2D eigenvalue weighted by atomic mass is 16.3. The van der Waals surface area contributed by atoms with Crippen molar-refractivity contribution in [2.45, 2.75) is 46.1 Å². The van der Waals surface area contributed by atoms with E-state index in [1.165, 1.54) is 12.0 Å². The molecule has 94 valence electrons. The number of carbonyl (C=O) groups is 1. The van der Waals surface area contributed by atoms with Gasteiger partial charge in [-0.3, -0.25) is 4.79 Å². The molecule has 3 saturated carbocycles. The lowest BCUT2D eigenvalue weighted by Crippen LogP contribution is -2.58. The van der Waals surface area contributed by atoms with Crippen LogP contribution in [0.3, 0.4) is 0 Å². The van der Waals surface area contributed by atoms with Crippen LogP contribution in [0.2, 0.25) is 0 Å². The SMILES string of the molecule is C=C1C2CCC13[C@H](C)C(=O)[C@@H](O)[C@@H](C)[C@]3(C)C2. The maximum absolute atomic E-state index is 12.3. The molecule has 3 rings (SSSR count). The number of carbonyl (C=O) groups excluding carboxylic acids is 1. The monoisotopic (exact) mass is 234 g/mol. The van der Waals surface area contributed by atoms with Crippen molar-refractivity contribution in [3.8, 4) is 0 Å². The van der Waals surface area contributed by atoms with E-state index in [2.05, 4.69) is 13.5 Å².